The molecule has 0 aliphatic heterocycles. The fraction of sp³-hybridized carbons (Fsp3) is 0.200. The van der Waals surface area contributed by atoms with Gasteiger partial charge in [0.2, 0.25) is 5.76 Å². The lowest BCUT2D eigenvalue weighted by Gasteiger charge is -2.12. The first-order chi connectivity index (χ1) is 10.1. The van der Waals surface area contributed by atoms with Gasteiger partial charge in [-0.15, -0.1) is 0 Å². The Hall–Kier alpha value is -2.60. The molecule has 6 nitrogen and oxygen atoms in total. The van der Waals surface area contributed by atoms with Crippen molar-refractivity contribution in [1.82, 2.24) is 15.0 Å². The SMILES string of the molecule is Cn1ccc2cc(C(O)CNC(=O)c3ccno3)ccc21. The van der Waals surface area contributed by atoms with Gasteiger partial charge in [-0.25, -0.2) is 0 Å². The van der Waals surface area contributed by atoms with E-state index in [1.807, 2.05) is 42.1 Å². The van der Waals surface area contributed by atoms with Crippen LogP contribution < -0.4 is 5.32 Å². The summed E-state index contributed by atoms with van der Waals surface area (Å²) in [5, 5.41) is 17.3. The number of amides is 1. The van der Waals surface area contributed by atoms with Crippen LogP contribution in [0.1, 0.15) is 22.2 Å². The van der Waals surface area contributed by atoms with Gasteiger partial charge >= 0.3 is 0 Å². The number of aliphatic hydroxyl groups excluding tert-OH is 1. The molecule has 0 spiro atoms. The third kappa shape index (κ3) is 2.66. The molecule has 0 saturated heterocycles. The van der Waals surface area contributed by atoms with Gasteiger partial charge in [-0.2, -0.15) is 0 Å². The van der Waals surface area contributed by atoms with Gasteiger partial charge in [0, 0.05) is 31.4 Å². The van der Waals surface area contributed by atoms with Crippen LogP contribution in [0.2, 0.25) is 0 Å². The number of hydrogen-bond acceptors (Lipinski definition) is 4. The third-order valence-corrected chi connectivity index (χ3v) is 3.41. The van der Waals surface area contributed by atoms with Crippen molar-refractivity contribution in [3.63, 3.8) is 0 Å². The number of hydrogen-bond donors (Lipinski definition) is 2. The molecule has 3 rings (SSSR count). The Morgan fingerprint density at radius 1 is 1.43 bits per heavy atom. The topological polar surface area (TPSA) is 80.3 Å². The highest BCUT2D eigenvalue weighted by Crippen LogP contribution is 2.20. The van der Waals surface area contributed by atoms with E-state index in [1.165, 1.54) is 12.3 Å². The summed E-state index contributed by atoms with van der Waals surface area (Å²) in [7, 11) is 1.97. The first-order valence-electron chi connectivity index (χ1n) is 6.57. The molecule has 21 heavy (non-hydrogen) atoms. The Labute approximate surface area is 121 Å². The van der Waals surface area contributed by atoms with Gasteiger partial charge in [0.05, 0.1) is 12.3 Å². The van der Waals surface area contributed by atoms with Gasteiger partial charge in [-0.3, -0.25) is 4.79 Å². The minimum absolute atomic E-state index is 0.109. The smallest absolute Gasteiger partial charge is 0.289 e. The van der Waals surface area contributed by atoms with Gasteiger partial charge < -0.3 is 19.5 Å². The van der Waals surface area contributed by atoms with E-state index in [2.05, 4.69) is 10.5 Å². The zero-order chi connectivity index (χ0) is 14.8. The summed E-state index contributed by atoms with van der Waals surface area (Å²) in [5.74, 6) is -0.270. The number of nitrogens with zero attached hydrogens (tertiary/aromatic N) is 2. The minimum Gasteiger partial charge on any atom is -0.387 e. The molecular weight excluding hydrogens is 270 g/mol. The van der Waals surface area contributed by atoms with Crippen LogP contribution in [0, 0.1) is 0 Å². The molecule has 2 heterocycles. The average Bonchev–Trinajstić information content (AvgIpc) is 3.14. The van der Waals surface area contributed by atoms with Crippen LogP contribution in [0.15, 0.2) is 47.2 Å². The van der Waals surface area contributed by atoms with Crippen molar-refractivity contribution in [1.29, 1.82) is 0 Å². The summed E-state index contributed by atoms with van der Waals surface area (Å²) >= 11 is 0. The molecule has 1 aromatic carbocycles. The second-order valence-electron chi connectivity index (χ2n) is 4.85. The highest BCUT2D eigenvalue weighted by atomic mass is 16.5. The van der Waals surface area contributed by atoms with Crippen molar-refractivity contribution in [2.45, 2.75) is 6.10 Å². The predicted octanol–water partition coefficient (Wildman–Crippen LogP) is 1.63. The Kier molecular flexibility index (Phi) is 3.45. The van der Waals surface area contributed by atoms with Crippen LogP contribution in [0.3, 0.4) is 0 Å². The Morgan fingerprint density at radius 2 is 2.29 bits per heavy atom. The maximum absolute atomic E-state index is 11.7. The van der Waals surface area contributed by atoms with E-state index in [0.717, 1.165) is 16.5 Å². The second kappa shape index (κ2) is 5.41. The molecule has 6 heteroatoms. The van der Waals surface area contributed by atoms with Crippen molar-refractivity contribution in [2.75, 3.05) is 6.54 Å². The maximum atomic E-state index is 11.7. The Bertz CT molecular complexity index is 762. The Balaban J connectivity index is 1.69. The fourth-order valence-electron chi connectivity index (χ4n) is 2.23. The van der Waals surface area contributed by atoms with Gasteiger partial charge in [0.1, 0.15) is 0 Å². The monoisotopic (exact) mass is 285 g/mol. The van der Waals surface area contributed by atoms with Crippen LogP contribution in [-0.2, 0) is 7.05 Å². The van der Waals surface area contributed by atoms with Crippen molar-refractivity contribution in [3.05, 3.63) is 54.0 Å². The van der Waals surface area contributed by atoms with E-state index in [0.29, 0.717) is 0 Å². The molecule has 1 amide bonds. The first-order valence-corrected chi connectivity index (χ1v) is 6.57. The van der Waals surface area contributed by atoms with Crippen molar-refractivity contribution < 1.29 is 14.4 Å². The van der Waals surface area contributed by atoms with Crippen LogP contribution in [0.4, 0.5) is 0 Å². The number of carbonyl (C=O) groups is 1. The molecule has 0 fully saturated rings. The molecule has 0 aliphatic rings. The highest BCUT2D eigenvalue weighted by molar-refractivity contribution is 5.91. The van der Waals surface area contributed by atoms with Crippen LogP contribution in [-0.4, -0.2) is 27.3 Å². The summed E-state index contributed by atoms with van der Waals surface area (Å²) < 4.78 is 6.76. The number of nitrogens with one attached hydrogen (secondary N) is 1. The third-order valence-electron chi connectivity index (χ3n) is 3.41. The van der Waals surface area contributed by atoms with E-state index in [4.69, 9.17) is 4.52 Å². The van der Waals surface area contributed by atoms with Gasteiger partial charge in [-0.1, -0.05) is 11.2 Å². The summed E-state index contributed by atoms with van der Waals surface area (Å²) in [6, 6.07) is 9.18. The Morgan fingerprint density at radius 3 is 3.05 bits per heavy atom. The number of benzene rings is 1. The standard InChI is InChI=1S/C15H15N3O3/c1-18-7-5-10-8-11(2-3-12(10)18)13(19)9-16-15(20)14-4-6-17-21-14/h2-8,13,19H,9H2,1H3,(H,16,20). The quantitative estimate of drug-likeness (QED) is 0.763. The molecule has 1 unspecified atom stereocenters. The number of aromatic nitrogens is 2. The summed E-state index contributed by atoms with van der Waals surface area (Å²) in [4.78, 5) is 11.7. The average molecular weight is 285 g/mol. The molecule has 3 aromatic rings. The molecular formula is C15H15N3O3. The van der Waals surface area contributed by atoms with Gasteiger partial charge in [0.25, 0.3) is 5.91 Å². The number of aryl methyl sites for hydroxylation is 1. The maximum Gasteiger partial charge on any atom is 0.289 e. The number of carbonyl (C=O) groups excluding carboxylic acids is 1. The lowest BCUT2D eigenvalue weighted by Crippen LogP contribution is -2.28. The molecule has 1 atom stereocenters. The largest absolute Gasteiger partial charge is 0.387 e. The van der Waals surface area contributed by atoms with Crippen molar-refractivity contribution in [3.8, 4) is 0 Å². The van der Waals surface area contributed by atoms with E-state index in [9.17, 15) is 9.90 Å². The summed E-state index contributed by atoms with van der Waals surface area (Å²) in [6.45, 7) is 0.109. The molecule has 0 bridgehead atoms. The van der Waals surface area contributed by atoms with Gasteiger partial charge in [0.15, 0.2) is 0 Å². The van der Waals surface area contributed by atoms with Crippen molar-refractivity contribution in [2.24, 2.45) is 7.05 Å². The van der Waals surface area contributed by atoms with E-state index in [-0.39, 0.29) is 12.3 Å². The molecule has 0 radical (unpaired) electrons. The van der Waals surface area contributed by atoms with Gasteiger partial charge in [-0.05, 0) is 29.1 Å². The predicted molar refractivity (Wildman–Crippen MR) is 76.7 cm³/mol. The molecule has 0 saturated carbocycles. The van der Waals surface area contributed by atoms with E-state index in [1.54, 1.807) is 0 Å². The zero-order valence-electron chi connectivity index (χ0n) is 11.5. The number of aliphatic hydroxyl groups is 1. The van der Waals surface area contributed by atoms with E-state index >= 15 is 0 Å². The first kappa shape index (κ1) is 13.4. The molecule has 108 valence electrons. The highest BCUT2D eigenvalue weighted by Gasteiger charge is 2.13. The number of fused-ring (bicyclic) bond motifs is 1. The summed E-state index contributed by atoms with van der Waals surface area (Å²) in [5.41, 5.74) is 1.85. The van der Waals surface area contributed by atoms with Crippen molar-refractivity contribution >= 4 is 16.8 Å². The lowest BCUT2D eigenvalue weighted by molar-refractivity contribution is 0.0880. The lowest BCUT2D eigenvalue weighted by atomic mass is 10.1. The number of rotatable bonds is 4. The zero-order valence-corrected chi connectivity index (χ0v) is 11.5. The normalized spacial score (nSPS) is 12.5. The van der Waals surface area contributed by atoms with E-state index < -0.39 is 12.0 Å². The second-order valence-corrected chi connectivity index (χ2v) is 4.85. The summed E-state index contributed by atoms with van der Waals surface area (Å²) in [6.07, 6.45) is 2.59. The molecule has 2 aromatic heterocycles. The molecule has 0 aliphatic carbocycles. The minimum atomic E-state index is -0.776. The van der Waals surface area contributed by atoms with Crippen LogP contribution in [0.5, 0.6) is 0 Å². The van der Waals surface area contributed by atoms with Crippen LogP contribution >= 0.6 is 0 Å². The molecule has 2 N–H and O–H groups in total. The fourth-order valence-corrected chi connectivity index (χ4v) is 2.23. The van der Waals surface area contributed by atoms with Crippen LogP contribution in [0.25, 0.3) is 10.9 Å².